The molecule has 0 bridgehead atoms. The Balaban J connectivity index is 1.72. The van der Waals surface area contributed by atoms with Gasteiger partial charge in [0.05, 0.1) is 5.69 Å². The SMILES string of the molecule is Cc1cc(-c2cc3c(Br)c[nH]c3nn2)cc(C)c1N1CCN(C)CC1. The molecule has 0 unspecified atom stereocenters. The summed E-state index contributed by atoms with van der Waals surface area (Å²) < 4.78 is 1.01. The summed E-state index contributed by atoms with van der Waals surface area (Å²) in [5.74, 6) is 0. The highest BCUT2D eigenvalue weighted by molar-refractivity contribution is 9.10. The van der Waals surface area contributed by atoms with Gasteiger partial charge in [-0.25, -0.2) is 0 Å². The van der Waals surface area contributed by atoms with Crippen molar-refractivity contribution in [3.05, 3.63) is 40.0 Å². The largest absolute Gasteiger partial charge is 0.369 e. The van der Waals surface area contributed by atoms with Crippen LogP contribution in [0.25, 0.3) is 22.3 Å². The van der Waals surface area contributed by atoms with Crippen LogP contribution in [-0.2, 0) is 0 Å². The number of aromatic nitrogens is 3. The lowest BCUT2D eigenvalue weighted by molar-refractivity contribution is 0.312. The molecule has 4 rings (SSSR count). The maximum atomic E-state index is 4.40. The van der Waals surface area contributed by atoms with Crippen LogP contribution in [0.1, 0.15) is 11.1 Å². The fourth-order valence-corrected chi connectivity index (χ4v) is 4.08. The minimum atomic E-state index is 0.804. The van der Waals surface area contributed by atoms with E-state index in [9.17, 15) is 0 Å². The summed E-state index contributed by atoms with van der Waals surface area (Å²) in [6.07, 6.45) is 1.90. The molecule has 130 valence electrons. The predicted octanol–water partition coefficient (Wildman–Crippen LogP) is 3.76. The van der Waals surface area contributed by atoms with E-state index in [0.717, 1.165) is 52.9 Å². The van der Waals surface area contributed by atoms with Crippen LogP contribution in [0.5, 0.6) is 0 Å². The van der Waals surface area contributed by atoms with Gasteiger partial charge in [-0.1, -0.05) is 0 Å². The molecule has 1 aliphatic heterocycles. The number of benzene rings is 1. The standard InChI is InChI=1S/C19H22BrN5/c1-12-8-14(17-10-15-16(20)11-21-19(15)23-22-17)9-13(2)18(12)25-6-4-24(3)5-7-25/h8-11H,4-7H2,1-3H3,(H,21,23). The molecule has 3 aromatic rings. The molecule has 1 aliphatic rings. The fourth-order valence-electron chi connectivity index (χ4n) is 3.66. The van der Waals surface area contributed by atoms with Gasteiger partial charge in [0.2, 0.25) is 0 Å². The van der Waals surface area contributed by atoms with E-state index in [1.807, 2.05) is 6.20 Å². The van der Waals surface area contributed by atoms with Crippen molar-refractivity contribution in [1.29, 1.82) is 0 Å². The third-order valence-electron chi connectivity index (χ3n) is 4.99. The highest BCUT2D eigenvalue weighted by Gasteiger charge is 2.19. The highest BCUT2D eigenvalue weighted by Crippen LogP contribution is 2.32. The minimum absolute atomic E-state index is 0.804. The van der Waals surface area contributed by atoms with Crippen molar-refractivity contribution in [2.75, 3.05) is 38.1 Å². The zero-order valence-corrected chi connectivity index (χ0v) is 16.4. The molecule has 5 nitrogen and oxygen atoms in total. The van der Waals surface area contributed by atoms with Crippen LogP contribution in [0.2, 0.25) is 0 Å². The quantitative estimate of drug-likeness (QED) is 0.712. The molecule has 1 N–H and O–H groups in total. The molecule has 0 saturated carbocycles. The number of aromatic amines is 1. The molecular formula is C19H22BrN5. The number of likely N-dealkylation sites (N-methyl/N-ethyl adjacent to an activating group) is 1. The smallest absolute Gasteiger partial charge is 0.161 e. The van der Waals surface area contributed by atoms with Gasteiger partial charge in [-0.15, -0.1) is 10.2 Å². The van der Waals surface area contributed by atoms with Gasteiger partial charge in [0.15, 0.2) is 5.65 Å². The Kier molecular flexibility index (Phi) is 4.25. The first-order valence-corrected chi connectivity index (χ1v) is 9.37. The van der Waals surface area contributed by atoms with Crippen LogP contribution >= 0.6 is 15.9 Å². The predicted molar refractivity (Wildman–Crippen MR) is 106 cm³/mol. The van der Waals surface area contributed by atoms with Crippen molar-refractivity contribution in [1.82, 2.24) is 20.1 Å². The number of fused-ring (bicyclic) bond motifs is 1. The van der Waals surface area contributed by atoms with Crippen molar-refractivity contribution in [2.45, 2.75) is 13.8 Å². The van der Waals surface area contributed by atoms with Crippen LogP contribution in [-0.4, -0.2) is 53.3 Å². The van der Waals surface area contributed by atoms with Gasteiger partial charge in [-0.2, -0.15) is 0 Å². The Morgan fingerprint density at radius 3 is 2.36 bits per heavy atom. The second-order valence-electron chi connectivity index (χ2n) is 6.88. The Hall–Kier alpha value is -1.92. The van der Waals surface area contributed by atoms with Crippen molar-refractivity contribution in [2.24, 2.45) is 0 Å². The van der Waals surface area contributed by atoms with Crippen molar-refractivity contribution < 1.29 is 0 Å². The van der Waals surface area contributed by atoms with Gasteiger partial charge in [-0.05, 0) is 66.2 Å². The molecule has 1 saturated heterocycles. The van der Waals surface area contributed by atoms with Gasteiger partial charge >= 0.3 is 0 Å². The topological polar surface area (TPSA) is 48.1 Å². The van der Waals surface area contributed by atoms with E-state index >= 15 is 0 Å². The number of nitrogens with one attached hydrogen (secondary N) is 1. The number of nitrogens with zero attached hydrogens (tertiary/aromatic N) is 4. The molecule has 0 amide bonds. The third-order valence-corrected chi connectivity index (χ3v) is 5.65. The Labute approximate surface area is 156 Å². The van der Waals surface area contributed by atoms with Crippen molar-refractivity contribution in [3.8, 4) is 11.3 Å². The van der Waals surface area contributed by atoms with Crippen LogP contribution in [0.15, 0.2) is 28.9 Å². The Morgan fingerprint density at radius 1 is 1.00 bits per heavy atom. The zero-order chi connectivity index (χ0) is 17.6. The summed E-state index contributed by atoms with van der Waals surface area (Å²) >= 11 is 3.56. The van der Waals surface area contributed by atoms with Crippen LogP contribution < -0.4 is 4.90 Å². The van der Waals surface area contributed by atoms with Crippen LogP contribution in [0, 0.1) is 13.8 Å². The number of aryl methyl sites for hydroxylation is 2. The molecule has 3 heterocycles. The summed E-state index contributed by atoms with van der Waals surface area (Å²) in [5, 5.41) is 9.77. The first kappa shape index (κ1) is 16.5. The van der Waals surface area contributed by atoms with E-state index in [1.54, 1.807) is 0 Å². The van der Waals surface area contributed by atoms with Gasteiger partial charge < -0.3 is 14.8 Å². The second kappa shape index (κ2) is 6.42. The van der Waals surface area contributed by atoms with Gasteiger partial charge in [0.25, 0.3) is 0 Å². The normalized spacial score (nSPS) is 15.9. The van der Waals surface area contributed by atoms with E-state index in [4.69, 9.17) is 0 Å². The van der Waals surface area contributed by atoms with E-state index < -0.39 is 0 Å². The lowest BCUT2D eigenvalue weighted by atomic mass is 10.0. The van der Waals surface area contributed by atoms with Crippen molar-refractivity contribution in [3.63, 3.8) is 0 Å². The Morgan fingerprint density at radius 2 is 1.68 bits per heavy atom. The fraction of sp³-hybridized carbons (Fsp3) is 0.368. The number of hydrogen-bond donors (Lipinski definition) is 1. The minimum Gasteiger partial charge on any atom is -0.369 e. The molecule has 25 heavy (non-hydrogen) atoms. The van der Waals surface area contributed by atoms with Crippen molar-refractivity contribution >= 4 is 32.7 Å². The van der Waals surface area contributed by atoms with E-state index in [-0.39, 0.29) is 0 Å². The molecule has 1 fully saturated rings. The molecular weight excluding hydrogens is 378 g/mol. The summed E-state index contributed by atoms with van der Waals surface area (Å²) in [4.78, 5) is 8.00. The molecule has 0 radical (unpaired) electrons. The monoisotopic (exact) mass is 399 g/mol. The number of halogens is 1. The second-order valence-corrected chi connectivity index (χ2v) is 7.73. The molecule has 2 aromatic heterocycles. The highest BCUT2D eigenvalue weighted by atomic mass is 79.9. The first-order valence-electron chi connectivity index (χ1n) is 8.58. The molecule has 0 spiro atoms. The van der Waals surface area contributed by atoms with E-state index in [2.05, 4.69) is 80.0 Å². The lowest BCUT2D eigenvalue weighted by Gasteiger charge is -2.36. The van der Waals surface area contributed by atoms with Gasteiger partial charge in [-0.3, -0.25) is 0 Å². The molecule has 0 atom stereocenters. The number of anilines is 1. The summed E-state index contributed by atoms with van der Waals surface area (Å²) in [6, 6.07) is 6.56. The van der Waals surface area contributed by atoms with Crippen LogP contribution in [0.4, 0.5) is 5.69 Å². The molecule has 6 heteroatoms. The Bertz CT molecular complexity index is 902. The lowest BCUT2D eigenvalue weighted by Crippen LogP contribution is -2.45. The number of rotatable bonds is 2. The number of piperazine rings is 1. The molecule has 0 aliphatic carbocycles. The third kappa shape index (κ3) is 3.04. The maximum absolute atomic E-state index is 4.40. The average Bonchev–Trinajstić information content (AvgIpc) is 2.96. The maximum Gasteiger partial charge on any atom is 0.161 e. The summed E-state index contributed by atoms with van der Waals surface area (Å²) in [6.45, 7) is 8.79. The summed E-state index contributed by atoms with van der Waals surface area (Å²) in [5.41, 5.74) is 6.80. The van der Waals surface area contributed by atoms with E-state index in [1.165, 1.54) is 16.8 Å². The van der Waals surface area contributed by atoms with Gasteiger partial charge in [0, 0.05) is 53.5 Å². The number of hydrogen-bond acceptors (Lipinski definition) is 4. The van der Waals surface area contributed by atoms with Crippen LogP contribution in [0.3, 0.4) is 0 Å². The average molecular weight is 400 g/mol. The summed E-state index contributed by atoms with van der Waals surface area (Å²) in [7, 11) is 2.19. The van der Waals surface area contributed by atoms with Gasteiger partial charge in [0.1, 0.15) is 0 Å². The molecule has 1 aromatic carbocycles. The first-order chi connectivity index (χ1) is 12.0. The van der Waals surface area contributed by atoms with E-state index in [0.29, 0.717) is 0 Å². The zero-order valence-electron chi connectivity index (χ0n) is 14.8. The number of H-pyrrole nitrogens is 1.